The van der Waals surface area contributed by atoms with E-state index in [1.165, 1.54) is 0 Å². The number of carbonyl (C=O) groups excluding carboxylic acids is 1. The summed E-state index contributed by atoms with van der Waals surface area (Å²) in [7, 11) is 0. The first-order chi connectivity index (χ1) is 17.7. The number of hydrogen-bond donors (Lipinski definition) is 2. The van der Waals surface area contributed by atoms with E-state index in [9.17, 15) is 14.7 Å². The van der Waals surface area contributed by atoms with Crippen molar-refractivity contribution < 1.29 is 19.4 Å². The molecule has 4 aromatic carbocycles. The fourth-order valence-electron chi connectivity index (χ4n) is 3.87. The highest BCUT2D eigenvalue weighted by Gasteiger charge is 2.17. The number of aromatic carboxylic acids is 1. The Morgan fingerprint density at radius 2 is 1.54 bits per heavy atom. The molecular weight excluding hydrogens is 482 g/mol. The molecule has 0 amide bonds. The minimum Gasteiger partial charge on any atom is -0.478 e. The van der Waals surface area contributed by atoms with Crippen molar-refractivity contribution in [2.75, 3.05) is 5.32 Å². The molecule has 0 spiro atoms. The summed E-state index contributed by atoms with van der Waals surface area (Å²) < 4.78 is 5.41. The maximum Gasteiger partial charge on any atom is 0.372 e. The molecule has 4 rings (SSSR count). The second-order valence-corrected chi connectivity index (χ2v) is 10.6. The Morgan fingerprint density at radius 3 is 2.27 bits per heavy atom. The number of anilines is 1. The Labute approximate surface area is 221 Å². The van der Waals surface area contributed by atoms with Gasteiger partial charge in [0.25, 0.3) is 0 Å². The van der Waals surface area contributed by atoms with Crippen molar-refractivity contribution in [3.63, 3.8) is 0 Å². The molecule has 0 aromatic heterocycles. The van der Waals surface area contributed by atoms with E-state index in [0.717, 1.165) is 50.2 Å². The van der Waals surface area contributed by atoms with E-state index in [-0.39, 0.29) is 10.9 Å². The van der Waals surface area contributed by atoms with E-state index in [0.29, 0.717) is 6.54 Å². The van der Waals surface area contributed by atoms with Crippen LogP contribution >= 0.6 is 11.8 Å². The molecule has 0 unspecified atom stereocenters. The summed E-state index contributed by atoms with van der Waals surface area (Å²) in [4.78, 5) is 24.5. The average Bonchev–Trinajstić information content (AvgIpc) is 2.87. The summed E-state index contributed by atoms with van der Waals surface area (Å²) in [5, 5.41) is 12.6. The van der Waals surface area contributed by atoms with Crippen LogP contribution in [0.5, 0.6) is 0 Å². The van der Waals surface area contributed by atoms with E-state index in [1.807, 2.05) is 93.6 Å². The quantitative estimate of drug-likeness (QED) is 0.192. The van der Waals surface area contributed by atoms with Crippen LogP contribution in [0.25, 0.3) is 22.3 Å². The van der Waals surface area contributed by atoms with Crippen LogP contribution in [0.2, 0.25) is 0 Å². The molecule has 0 radical (unpaired) electrons. The molecule has 0 aliphatic rings. The van der Waals surface area contributed by atoms with Gasteiger partial charge in [0.15, 0.2) is 0 Å². The first-order valence-electron chi connectivity index (χ1n) is 11.9. The molecule has 0 saturated carbocycles. The fourth-order valence-corrected chi connectivity index (χ4v) is 4.71. The summed E-state index contributed by atoms with van der Waals surface area (Å²) in [6.07, 6.45) is 0. The molecule has 4 aromatic rings. The lowest BCUT2D eigenvalue weighted by atomic mass is 9.93. The second kappa shape index (κ2) is 11.4. The Bertz CT molecular complexity index is 1410. The third kappa shape index (κ3) is 7.24. The number of benzene rings is 4. The fraction of sp³-hybridized carbons (Fsp3) is 0.161. The Morgan fingerprint density at radius 1 is 0.811 bits per heavy atom. The van der Waals surface area contributed by atoms with Gasteiger partial charge in [0, 0.05) is 17.1 Å². The summed E-state index contributed by atoms with van der Waals surface area (Å²) >= 11 is 1.08. The van der Waals surface area contributed by atoms with Gasteiger partial charge in [0.1, 0.15) is 5.60 Å². The van der Waals surface area contributed by atoms with Crippen molar-refractivity contribution in [3.8, 4) is 22.3 Å². The van der Waals surface area contributed by atoms with Gasteiger partial charge >= 0.3 is 11.3 Å². The van der Waals surface area contributed by atoms with Crippen LogP contribution in [0.15, 0.2) is 102 Å². The van der Waals surface area contributed by atoms with Crippen LogP contribution in [-0.2, 0) is 11.3 Å². The Kier molecular flexibility index (Phi) is 7.99. The van der Waals surface area contributed by atoms with E-state index >= 15 is 0 Å². The van der Waals surface area contributed by atoms with Gasteiger partial charge in [-0.25, -0.2) is 9.59 Å². The first-order valence-corrected chi connectivity index (χ1v) is 12.8. The maximum absolute atomic E-state index is 12.2. The predicted octanol–water partition coefficient (Wildman–Crippen LogP) is 8.36. The molecule has 0 aliphatic heterocycles. The molecule has 0 fully saturated rings. The summed E-state index contributed by atoms with van der Waals surface area (Å²) in [5.41, 5.74) is 5.53. The second-order valence-electron chi connectivity index (χ2n) is 9.58. The molecule has 5 nitrogen and oxygen atoms in total. The summed E-state index contributed by atoms with van der Waals surface area (Å²) in [6.45, 7) is 6.13. The van der Waals surface area contributed by atoms with Crippen molar-refractivity contribution >= 4 is 28.7 Å². The van der Waals surface area contributed by atoms with Crippen molar-refractivity contribution in [1.82, 2.24) is 0 Å². The highest BCUT2D eigenvalue weighted by molar-refractivity contribution is 8.13. The zero-order valence-electron chi connectivity index (χ0n) is 21.0. The zero-order chi connectivity index (χ0) is 26.4. The SMILES string of the molecule is CC(C)(C)OC(=O)Sc1cccc(CNc2ccc(-c3cccc(C(=O)O)c3)c(-c3ccccc3)c2)c1. The first kappa shape index (κ1) is 26.0. The largest absolute Gasteiger partial charge is 0.478 e. The van der Waals surface area contributed by atoms with Crippen LogP contribution in [-0.4, -0.2) is 22.0 Å². The Balaban J connectivity index is 1.57. The van der Waals surface area contributed by atoms with Gasteiger partial charge in [-0.3, -0.25) is 0 Å². The van der Waals surface area contributed by atoms with E-state index in [1.54, 1.807) is 18.2 Å². The molecule has 0 aliphatic carbocycles. The van der Waals surface area contributed by atoms with Crippen LogP contribution in [0, 0.1) is 0 Å². The monoisotopic (exact) mass is 511 g/mol. The van der Waals surface area contributed by atoms with Crippen molar-refractivity contribution in [3.05, 3.63) is 108 Å². The van der Waals surface area contributed by atoms with Crippen molar-refractivity contribution in [2.24, 2.45) is 0 Å². The number of rotatable bonds is 7. The lowest BCUT2D eigenvalue weighted by Crippen LogP contribution is -2.21. The molecule has 0 atom stereocenters. The number of nitrogens with one attached hydrogen (secondary N) is 1. The lowest BCUT2D eigenvalue weighted by molar-refractivity contribution is 0.0694. The maximum atomic E-state index is 12.2. The van der Waals surface area contributed by atoms with Crippen LogP contribution in [0.1, 0.15) is 36.7 Å². The average molecular weight is 512 g/mol. The van der Waals surface area contributed by atoms with Crippen LogP contribution in [0.4, 0.5) is 10.5 Å². The topological polar surface area (TPSA) is 75.6 Å². The van der Waals surface area contributed by atoms with Crippen LogP contribution < -0.4 is 5.32 Å². The third-order valence-electron chi connectivity index (χ3n) is 5.51. The lowest BCUT2D eigenvalue weighted by Gasteiger charge is -2.19. The number of thioether (sulfide) groups is 1. The van der Waals surface area contributed by atoms with Gasteiger partial charge < -0.3 is 15.2 Å². The number of ether oxygens (including phenoxy) is 1. The number of carboxylic acid groups (broad SMARTS) is 1. The zero-order valence-corrected chi connectivity index (χ0v) is 21.8. The van der Waals surface area contributed by atoms with E-state index in [4.69, 9.17) is 4.74 Å². The van der Waals surface area contributed by atoms with E-state index < -0.39 is 11.6 Å². The molecule has 0 heterocycles. The minimum atomic E-state index is -0.950. The van der Waals surface area contributed by atoms with Gasteiger partial charge in [-0.1, -0.05) is 60.7 Å². The number of carbonyl (C=O) groups is 2. The number of carboxylic acids is 1. The van der Waals surface area contributed by atoms with Gasteiger partial charge in [-0.15, -0.1) is 0 Å². The molecular formula is C31H29NO4S. The molecule has 37 heavy (non-hydrogen) atoms. The number of hydrogen-bond acceptors (Lipinski definition) is 5. The van der Waals surface area contributed by atoms with Gasteiger partial charge in [-0.2, -0.15) is 0 Å². The van der Waals surface area contributed by atoms with Gasteiger partial charge in [0.2, 0.25) is 0 Å². The molecule has 2 N–H and O–H groups in total. The summed E-state index contributed by atoms with van der Waals surface area (Å²) in [6, 6.07) is 30.9. The molecule has 0 bridgehead atoms. The standard InChI is InChI=1S/C31H29NO4S/c1-31(2,3)36-30(35)37-26-14-7-9-21(17-26)20-32-25-15-16-27(23-12-8-13-24(18-23)29(33)34)28(19-25)22-10-5-4-6-11-22/h4-19,32H,20H2,1-3H3,(H,33,34). The normalized spacial score (nSPS) is 11.1. The molecule has 0 saturated heterocycles. The van der Waals surface area contributed by atoms with Crippen molar-refractivity contribution in [2.45, 2.75) is 37.8 Å². The van der Waals surface area contributed by atoms with Gasteiger partial charge in [0.05, 0.1) is 5.56 Å². The highest BCUT2D eigenvalue weighted by Crippen LogP contribution is 2.35. The van der Waals surface area contributed by atoms with Gasteiger partial charge in [-0.05, 0) is 96.7 Å². The van der Waals surface area contributed by atoms with Crippen molar-refractivity contribution in [1.29, 1.82) is 0 Å². The molecule has 188 valence electrons. The summed E-state index contributed by atoms with van der Waals surface area (Å²) in [5.74, 6) is -0.950. The predicted molar refractivity (Wildman–Crippen MR) is 150 cm³/mol. The third-order valence-corrected chi connectivity index (χ3v) is 6.25. The highest BCUT2D eigenvalue weighted by atomic mass is 32.2. The molecule has 6 heteroatoms. The van der Waals surface area contributed by atoms with E-state index in [2.05, 4.69) is 11.4 Å². The van der Waals surface area contributed by atoms with Crippen LogP contribution in [0.3, 0.4) is 0 Å². The Hall–Kier alpha value is -4.03. The minimum absolute atomic E-state index is 0.253. The smallest absolute Gasteiger partial charge is 0.372 e.